The highest BCUT2D eigenvalue weighted by Crippen LogP contribution is 2.35. The molecule has 2 fully saturated rings. The zero-order valence-corrected chi connectivity index (χ0v) is 19.2. The first-order valence-electron chi connectivity index (χ1n) is 11.5. The van der Waals surface area contributed by atoms with Crippen LogP contribution in [0.25, 0.3) is 10.4 Å². The van der Waals surface area contributed by atoms with E-state index in [4.69, 9.17) is 4.98 Å². The van der Waals surface area contributed by atoms with E-state index in [2.05, 4.69) is 56.7 Å². The molecule has 5 rings (SSSR count). The Bertz CT molecular complexity index is 1060. The van der Waals surface area contributed by atoms with Crippen molar-refractivity contribution in [1.29, 1.82) is 0 Å². The van der Waals surface area contributed by atoms with Crippen LogP contribution in [-0.4, -0.2) is 45.9 Å². The van der Waals surface area contributed by atoms with Crippen LogP contribution in [-0.2, 0) is 0 Å². The van der Waals surface area contributed by atoms with Crippen LogP contribution < -0.4 is 15.5 Å². The predicted molar refractivity (Wildman–Crippen MR) is 130 cm³/mol. The van der Waals surface area contributed by atoms with Gasteiger partial charge in [0.15, 0.2) is 5.13 Å². The number of anilines is 3. The summed E-state index contributed by atoms with van der Waals surface area (Å²) in [4.78, 5) is 17.2. The van der Waals surface area contributed by atoms with Crippen molar-refractivity contribution in [2.24, 2.45) is 0 Å². The van der Waals surface area contributed by atoms with E-state index >= 15 is 0 Å². The molecule has 168 valence electrons. The van der Waals surface area contributed by atoms with Crippen LogP contribution in [0.5, 0.6) is 0 Å². The number of benzene rings is 1. The van der Waals surface area contributed by atoms with Gasteiger partial charge in [0.05, 0.1) is 11.4 Å². The van der Waals surface area contributed by atoms with Crippen LogP contribution >= 0.6 is 11.3 Å². The Labute approximate surface area is 193 Å². The molecule has 3 heterocycles. The smallest absolute Gasteiger partial charge is 0.227 e. The number of thiazole rings is 1. The quantitative estimate of drug-likeness (QED) is 0.530. The molecule has 0 amide bonds. The number of aliphatic hydroxyl groups excluding tert-OH is 1. The van der Waals surface area contributed by atoms with Gasteiger partial charge in [-0.1, -0.05) is 30.2 Å². The van der Waals surface area contributed by atoms with Gasteiger partial charge in [-0.25, -0.2) is 15.0 Å². The van der Waals surface area contributed by atoms with Crippen LogP contribution in [0, 0.1) is 6.92 Å². The molecule has 1 saturated heterocycles. The fraction of sp³-hybridized carbons (Fsp3) is 0.458. The van der Waals surface area contributed by atoms with Crippen LogP contribution in [0.1, 0.15) is 49.3 Å². The van der Waals surface area contributed by atoms with Gasteiger partial charge in [0.2, 0.25) is 5.95 Å². The summed E-state index contributed by atoms with van der Waals surface area (Å²) >= 11 is 1.66. The van der Waals surface area contributed by atoms with Crippen molar-refractivity contribution in [3.63, 3.8) is 0 Å². The van der Waals surface area contributed by atoms with Crippen molar-refractivity contribution in [3.8, 4) is 10.4 Å². The maximum atomic E-state index is 10.1. The van der Waals surface area contributed by atoms with Crippen LogP contribution in [0.3, 0.4) is 0 Å². The van der Waals surface area contributed by atoms with Crippen LogP contribution in [0.2, 0.25) is 0 Å². The number of hydrogen-bond donors (Lipinski definition) is 3. The van der Waals surface area contributed by atoms with Gasteiger partial charge in [0.1, 0.15) is 6.23 Å². The highest BCUT2D eigenvalue weighted by atomic mass is 32.1. The lowest BCUT2D eigenvalue weighted by atomic mass is 10.0. The molecule has 1 aliphatic heterocycles. The van der Waals surface area contributed by atoms with Gasteiger partial charge in [-0.2, -0.15) is 0 Å². The van der Waals surface area contributed by atoms with Crippen molar-refractivity contribution in [2.45, 2.75) is 51.2 Å². The van der Waals surface area contributed by atoms with Gasteiger partial charge in [-0.05, 0) is 62.1 Å². The normalized spacial score (nSPS) is 19.8. The van der Waals surface area contributed by atoms with E-state index in [1.54, 1.807) is 11.3 Å². The highest BCUT2D eigenvalue weighted by Gasteiger charge is 2.20. The summed E-state index contributed by atoms with van der Waals surface area (Å²) in [6.07, 6.45) is 9.31. The lowest BCUT2D eigenvalue weighted by Crippen LogP contribution is -2.37. The number of aliphatic hydroxyl groups is 1. The van der Waals surface area contributed by atoms with E-state index in [1.165, 1.54) is 31.2 Å². The topological polar surface area (TPSA) is 86.2 Å². The molecule has 0 radical (unpaired) electrons. The van der Waals surface area contributed by atoms with Crippen LogP contribution in [0.4, 0.5) is 16.8 Å². The van der Waals surface area contributed by atoms with Crippen molar-refractivity contribution < 1.29 is 5.11 Å². The SMILES string of the molecule is Cc1cc(Nc2nccc(C3CCCC3)n2)cc(-c2cnc(N3CCCNC(O)C3)s2)c1. The van der Waals surface area contributed by atoms with Gasteiger partial charge in [0.25, 0.3) is 0 Å². The maximum Gasteiger partial charge on any atom is 0.227 e. The van der Waals surface area contributed by atoms with Crippen molar-refractivity contribution in [1.82, 2.24) is 20.3 Å². The second kappa shape index (κ2) is 9.52. The summed E-state index contributed by atoms with van der Waals surface area (Å²) < 4.78 is 0. The minimum atomic E-state index is -0.514. The number of aryl methyl sites for hydroxylation is 1. The fourth-order valence-electron chi connectivity index (χ4n) is 4.63. The summed E-state index contributed by atoms with van der Waals surface area (Å²) in [5.74, 6) is 1.22. The number of aromatic nitrogens is 3. The Kier molecular flexibility index (Phi) is 6.34. The summed E-state index contributed by atoms with van der Waals surface area (Å²) in [5, 5.41) is 17.5. The molecule has 2 aromatic heterocycles. The third-order valence-corrected chi connectivity index (χ3v) is 7.32. The van der Waals surface area contributed by atoms with E-state index < -0.39 is 6.23 Å². The lowest BCUT2D eigenvalue weighted by Gasteiger charge is -2.20. The number of hydrogen-bond acceptors (Lipinski definition) is 8. The molecule has 7 nitrogen and oxygen atoms in total. The molecule has 1 saturated carbocycles. The van der Waals surface area contributed by atoms with Crippen molar-refractivity contribution in [2.75, 3.05) is 29.9 Å². The lowest BCUT2D eigenvalue weighted by molar-refractivity contribution is 0.150. The average Bonchev–Trinajstić information content (AvgIpc) is 3.44. The predicted octanol–water partition coefficient (Wildman–Crippen LogP) is 4.43. The minimum absolute atomic E-state index is 0.514. The highest BCUT2D eigenvalue weighted by molar-refractivity contribution is 7.18. The van der Waals surface area contributed by atoms with Gasteiger partial charge in [-0.3, -0.25) is 5.32 Å². The monoisotopic (exact) mass is 450 g/mol. The molecular weight excluding hydrogens is 420 g/mol. The molecule has 1 atom stereocenters. The molecule has 1 aromatic carbocycles. The zero-order valence-electron chi connectivity index (χ0n) is 18.4. The summed E-state index contributed by atoms with van der Waals surface area (Å²) in [5.41, 5.74) is 4.42. The summed E-state index contributed by atoms with van der Waals surface area (Å²) in [6, 6.07) is 8.48. The Hall–Kier alpha value is -2.55. The largest absolute Gasteiger partial charge is 0.377 e. The molecule has 2 aliphatic rings. The van der Waals surface area contributed by atoms with Crippen molar-refractivity contribution >= 4 is 28.1 Å². The number of nitrogens with one attached hydrogen (secondary N) is 2. The number of β-amino-alcohol motifs (C(OH)–C–C–N with tert-alkyl or cyclic N) is 1. The number of nitrogens with zero attached hydrogens (tertiary/aromatic N) is 4. The summed E-state index contributed by atoms with van der Waals surface area (Å²) in [6.45, 7) is 4.38. The van der Waals surface area contributed by atoms with E-state index in [1.807, 2.05) is 12.4 Å². The van der Waals surface area contributed by atoms with Crippen molar-refractivity contribution in [3.05, 3.63) is 47.9 Å². The molecule has 3 N–H and O–H groups in total. The minimum Gasteiger partial charge on any atom is -0.377 e. The number of rotatable bonds is 5. The van der Waals surface area contributed by atoms with Gasteiger partial charge < -0.3 is 15.3 Å². The van der Waals surface area contributed by atoms with Gasteiger partial charge in [-0.15, -0.1) is 0 Å². The Morgan fingerprint density at radius 2 is 2.03 bits per heavy atom. The third kappa shape index (κ3) is 4.92. The van der Waals surface area contributed by atoms with E-state index in [0.29, 0.717) is 18.4 Å². The fourth-order valence-corrected chi connectivity index (χ4v) is 5.57. The standard InChI is InChI=1S/C24H30N6OS/c1-16-11-18(21-14-27-24(32-21)30-10-4-8-25-22(31)15-30)13-19(12-16)28-23-26-9-7-20(29-23)17-5-2-3-6-17/h7,9,11-14,17,22,25,31H,2-6,8,10,15H2,1H3,(H,26,28,29). The zero-order chi connectivity index (χ0) is 21.9. The van der Waals surface area contributed by atoms with E-state index in [0.717, 1.165) is 46.5 Å². The first-order valence-corrected chi connectivity index (χ1v) is 12.3. The Morgan fingerprint density at radius 1 is 1.16 bits per heavy atom. The molecule has 8 heteroatoms. The van der Waals surface area contributed by atoms with Crippen LogP contribution in [0.15, 0.2) is 36.7 Å². The summed E-state index contributed by atoms with van der Waals surface area (Å²) in [7, 11) is 0. The molecule has 1 aliphatic carbocycles. The molecule has 3 aromatic rings. The molecule has 1 unspecified atom stereocenters. The third-order valence-electron chi connectivity index (χ3n) is 6.21. The average molecular weight is 451 g/mol. The molecule has 32 heavy (non-hydrogen) atoms. The molecular formula is C24H30N6OS. The molecule has 0 spiro atoms. The second-order valence-corrected chi connectivity index (χ2v) is 9.78. The first-order chi connectivity index (χ1) is 15.6. The second-order valence-electron chi connectivity index (χ2n) is 8.78. The van der Waals surface area contributed by atoms with E-state index in [-0.39, 0.29) is 0 Å². The molecule has 0 bridgehead atoms. The van der Waals surface area contributed by atoms with E-state index in [9.17, 15) is 5.11 Å². The Morgan fingerprint density at radius 3 is 2.91 bits per heavy atom. The van der Waals surface area contributed by atoms with Gasteiger partial charge >= 0.3 is 0 Å². The first kappa shape index (κ1) is 21.3. The Balaban J connectivity index is 1.35. The maximum absolute atomic E-state index is 10.1. The van der Waals surface area contributed by atoms with Gasteiger partial charge in [0, 0.05) is 36.2 Å².